The van der Waals surface area contributed by atoms with Crippen LogP contribution < -0.4 is 5.73 Å². The fourth-order valence-electron chi connectivity index (χ4n) is 2.31. The Hall–Kier alpha value is -2.06. The molecule has 0 saturated heterocycles. The zero-order valence-electron chi connectivity index (χ0n) is 12.2. The van der Waals surface area contributed by atoms with E-state index < -0.39 is 0 Å². The fourth-order valence-corrected chi connectivity index (χ4v) is 2.31. The maximum atomic E-state index is 9.13. The average molecular weight is 272 g/mol. The number of nitrogens with two attached hydrogens (primary N) is 1. The quantitative estimate of drug-likeness (QED) is 0.907. The van der Waals surface area contributed by atoms with Crippen LogP contribution in [0.25, 0.3) is 11.0 Å². The first-order valence-corrected chi connectivity index (χ1v) is 6.62. The minimum atomic E-state index is 0.0421. The van der Waals surface area contributed by atoms with Crippen LogP contribution >= 0.6 is 0 Å². The highest BCUT2D eigenvalue weighted by atomic mass is 16.5. The van der Waals surface area contributed by atoms with Crippen molar-refractivity contribution in [2.75, 3.05) is 19.5 Å². The molecule has 0 atom stereocenters. The number of ether oxygens (including phenoxy) is 1. The summed E-state index contributed by atoms with van der Waals surface area (Å²) in [5.41, 5.74) is 8.21. The molecule has 0 aliphatic rings. The topological polar surface area (TPSA) is 76.9 Å². The third kappa shape index (κ3) is 2.75. The molecule has 5 heteroatoms. The summed E-state index contributed by atoms with van der Waals surface area (Å²) in [7, 11) is 1.70. The van der Waals surface area contributed by atoms with Gasteiger partial charge in [0, 0.05) is 20.3 Å². The Morgan fingerprint density at radius 3 is 2.85 bits per heavy atom. The third-order valence-electron chi connectivity index (χ3n) is 3.50. The predicted molar refractivity (Wildman–Crippen MR) is 79.1 cm³/mol. The Labute approximate surface area is 119 Å². The lowest BCUT2D eigenvalue weighted by Gasteiger charge is -2.25. The van der Waals surface area contributed by atoms with E-state index >= 15 is 0 Å². The summed E-state index contributed by atoms with van der Waals surface area (Å²) in [4.78, 5) is 4.34. The summed E-state index contributed by atoms with van der Waals surface area (Å²) in [6.45, 7) is 5.80. The molecule has 20 heavy (non-hydrogen) atoms. The predicted octanol–water partition coefficient (Wildman–Crippen LogP) is 2.55. The Morgan fingerprint density at radius 1 is 1.45 bits per heavy atom. The van der Waals surface area contributed by atoms with E-state index in [1.54, 1.807) is 13.2 Å². The van der Waals surface area contributed by atoms with Gasteiger partial charge in [-0.2, -0.15) is 5.26 Å². The van der Waals surface area contributed by atoms with Crippen molar-refractivity contribution in [3.05, 3.63) is 23.8 Å². The molecule has 0 saturated carbocycles. The van der Waals surface area contributed by atoms with Crippen LogP contribution in [0.15, 0.2) is 18.2 Å². The molecule has 1 aromatic carbocycles. The Bertz CT molecular complexity index is 652. The molecule has 0 aliphatic heterocycles. The number of nitrogen functional groups attached to an aromatic ring is 1. The number of imidazole rings is 1. The second kappa shape index (κ2) is 5.51. The Kier molecular flexibility index (Phi) is 3.96. The molecule has 0 spiro atoms. The van der Waals surface area contributed by atoms with E-state index in [1.807, 2.05) is 16.7 Å². The van der Waals surface area contributed by atoms with Crippen LogP contribution in [-0.4, -0.2) is 23.3 Å². The number of methoxy groups -OCH3 is 1. The molecule has 2 N–H and O–H groups in total. The van der Waals surface area contributed by atoms with Crippen molar-refractivity contribution < 1.29 is 4.74 Å². The summed E-state index contributed by atoms with van der Waals surface area (Å²) in [6, 6.07) is 7.73. The van der Waals surface area contributed by atoms with Crippen molar-refractivity contribution in [3.8, 4) is 6.07 Å². The van der Waals surface area contributed by atoms with Gasteiger partial charge in [0.2, 0.25) is 5.95 Å². The zero-order valence-corrected chi connectivity index (χ0v) is 12.2. The van der Waals surface area contributed by atoms with E-state index in [-0.39, 0.29) is 5.41 Å². The minimum absolute atomic E-state index is 0.0421. The van der Waals surface area contributed by atoms with E-state index in [1.165, 1.54) is 0 Å². The van der Waals surface area contributed by atoms with Crippen molar-refractivity contribution in [1.82, 2.24) is 9.55 Å². The van der Waals surface area contributed by atoms with Crippen molar-refractivity contribution in [2.24, 2.45) is 5.41 Å². The first-order chi connectivity index (χ1) is 9.48. The lowest BCUT2D eigenvalue weighted by Crippen LogP contribution is -2.22. The maximum Gasteiger partial charge on any atom is 0.201 e. The normalized spacial score (nSPS) is 11.7. The smallest absolute Gasteiger partial charge is 0.201 e. The molecule has 5 nitrogen and oxygen atoms in total. The summed E-state index contributed by atoms with van der Waals surface area (Å²) in [5.74, 6) is 0.452. The number of hydrogen-bond donors (Lipinski definition) is 1. The van der Waals surface area contributed by atoms with Crippen molar-refractivity contribution in [3.63, 3.8) is 0 Å². The molecule has 106 valence electrons. The Balaban J connectivity index is 2.40. The van der Waals surface area contributed by atoms with Crippen LogP contribution in [0.1, 0.15) is 25.8 Å². The number of rotatable bonds is 5. The summed E-state index contributed by atoms with van der Waals surface area (Å²) >= 11 is 0. The maximum absolute atomic E-state index is 9.13. The molecule has 2 aromatic rings. The fraction of sp³-hybridized carbons (Fsp3) is 0.467. The molecule has 0 amide bonds. The van der Waals surface area contributed by atoms with Crippen LogP contribution in [0, 0.1) is 16.7 Å². The minimum Gasteiger partial charge on any atom is -0.385 e. The number of fused-ring (bicyclic) bond motifs is 1. The van der Waals surface area contributed by atoms with Crippen molar-refractivity contribution in [2.45, 2.75) is 26.8 Å². The molecule has 1 heterocycles. The van der Waals surface area contributed by atoms with E-state index in [0.717, 1.165) is 18.5 Å². The van der Waals surface area contributed by atoms with Gasteiger partial charge < -0.3 is 15.0 Å². The number of para-hydroxylation sites is 1. The molecule has 0 bridgehead atoms. The highest BCUT2D eigenvalue weighted by molar-refractivity contribution is 5.83. The van der Waals surface area contributed by atoms with Gasteiger partial charge in [0.25, 0.3) is 0 Å². The van der Waals surface area contributed by atoms with Crippen LogP contribution in [0.4, 0.5) is 5.95 Å². The van der Waals surface area contributed by atoms with Gasteiger partial charge in [-0.25, -0.2) is 4.98 Å². The van der Waals surface area contributed by atoms with Crippen LogP contribution in [0.5, 0.6) is 0 Å². The van der Waals surface area contributed by atoms with Gasteiger partial charge in [0.05, 0.1) is 11.1 Å². The standard InChI is InChI=1S/C15H20N4O/c1-15(2,7-8-20-3)10-19-12-6-4-5-11(9-16)13(12)18-14(19)17/h4-6H,7-8,10H2,1-3H3,(H2,17,18). The SMILES string of the molecule is COCCC(C)(C)Cn1c(N)nc2c(C#N)cccc21. The van der Waals surface area contributed by atoms with E-state index in [2.05, 4.69) is 24.9 Å². The van der Waals surface area contributed by atoms with Crippen molar-refractivity contribution >= 4 is 17.0 Å². The summed E-state index contributed by atoms with van der Waals surface area (Å²) in [5, 5.41) is 9.13. The van der Waals surface area contributed by atoms with Gasteiger partial charge in [0.1, 0.15) is 11.6 Å². The molecule has 0 aliphatic carbocycles. The largest absolute Gasteiger partial charge is 0.385 e. The van der Waals surface area contributed by atoms with E-state index in [4.69, 9.17) is 15.7 Å². The van der Waals surface area contributed by atoms with Gasteiger partial charge in [-0.05, 0) is 24.0 Å². The zero-order chi connectivity index (χ0) is 14.8. The molecule has 2 rings (SSSR count). The van der Waals surface area contributed by atoms with Crippen LogP contribution in [-0.2, 0) is 11.3 Å². The monoisotopic (exact) mass is 272 g/mol. The number of aromatic nitrogens is 2. The second-order valence-corrected chi connectivity index (χ2v) is 5.75. The summed E-state index contributed by atoms with van der Waals surface area (Å²) < 4.78 is 7.13. The molecular weight excluding hydrogens is 252 g/mol. The van der Waals surface area contributed by atoms with E-state index in [9.17, 15) is 0 Å². The number of nitrogens with zero attached hydrogens (tertiary/aromatic N) is 3. The number of benzene rings is 1. The molecule has 1 aromatic heterocycles. The molecule has 0 fully saturated rings. The first-order valence-electron chi connectivity index (χ1n) is 6.62. The van der Waals surface area contributed by atoms with Gasteiger partial charge in [-0.15, -0.1) is 0 Å². The van der Waals surface area contributed by atoms with Gasteiger partial charge in [0.15, 0.2) is 0 Å². The second-order valence-electron chi connectivity index (χ2n) is 5.75. The van der Waals surface area contributed by atoms with E-state index in [0.29, 0.717) is 23.6 Å². The highest BCUT2D eigenvalue weighted by Crippen LogP contribution is 2.28. The van der Waals surface area contributed by atoms with Gasteiger partial charge in [-0.1, -0.05) is 19.9 Å². The highest BCUT2D eigenvalue weighted by Gasteiger charge is 2.21. The number of anilines is 1. The first kappa shape index (κ1) is 14.4. The molecule has 0 unspecified atom stereocenters. The third-order valence-corrected chi connectivity index (χ3v) is 3.50. The Morgan fingerprint density at radius 2 is 2.20 bits per heavy atom. The van der Waals surface area contributed by atoms with Gasteiger partial charge >= 0.3 is 0 Å². The van der Waals surface area contributed by atoms with Crippen molar-refractivity contribution in [1.29, 1.82) is 5.26 Å². The summed E-state index contributed by atoms with van der Waals surface area (Å²) in [6.07, 6.45) is 0.931. The number of nitriles is 1. The number of hydrogen-bond acceptors (Lipinski definition) is 4. The van der Waals surface area contributed by atoms with Gasteiger partial charge in [-0.3, -0.25) is 0 Å². The lowest BCUT2D eigenvalue weighted by atomic mass is 9.89. The lowest BCUT2D eigenvalue weighted by molar-refractivity contribution is 0.143. The molecular formula is C15H20N4O. The van der Waals surface area contributed by atoms with Crippen LogP contribution in [0.3, 0.4) is 0 Å². The average Bonchev–Trinajstić information content (AvgIpc) is 2.72. The molecule has 0 radical (unpaired) electrons. The van der Waals surface area contributed by atoms with Crippen LogP contribution in [0.2, 0.25) is 0 Å².